The maximum absolute atomic E-state index is 14.7. The molecule has 4 aromatic rings. The highest BCUT2D eigenvalue weighted by Crippen LogP contribution is 2.21. The predicted octanol–water partition coefficient (Wildman–Crippen LogP) is 2.15. The molecule has 1 aromatic carbocycles. The summed E-state index contributed by atoms with van der Waals surface area (Å²) in [5.41, 5.74) is 5.19. The van der Waals surface area contributed by atoms with Crippen LogP contribution >= 0.6 is 0 Å². The fraction of sp³-hybridized carbons (Fsp3) is 0.0455. The van der Waals surface area contributed by atoms with Gasteiger partial charge in [-0.2, -0.15) is 5.43 Å². The Balaban J connectivity index is 1.45. The highest BCUT2D eigenvalue weighted by atomic mass is 19.1. The third-order valence-electron chi connectivity index (χ3n) is 4.83. The summed E-state index contributed by atoms with van der Waals surface area (Å²) < 4.78 is 16.0. The van der Waals surface area contributed by atoms with Crippen LogP contribution in [0.5, 0.6) is 0 Å². The average Bonchev–Trinajstić information content (AvgIpc) is 3.42. The first-order valence-electron chi connectivity index (χ1n) is 9.55. The fourth-order valence-corrected chi connectivity index (χ4v) is 3.24. The van der Waals surface area contributed by atoms with Crippen molar-refractivity contribution in [2.75, 3.05) is 5.32 Å². The molecule has 3 N–H and O–H groups in total. The molecule has 8 nitrogen and oxygen atoms in total. The molecular weight excluding hydrogens is 397 g/mol. The van der Waals surface area contributed by atoms with Gasteiger partial charge in [-0.15, -0.1) is 5.10 Å². The van der Waals surface area contributed by atoms with E-state index in [4.69, 9.17) is 0 Å². The lowest BCUT2D eigenvalue weighted by Crippen LogP contribution is -2.76. The van der Waals surface area contributed by atoms with Gasteiger partial charge in [-0.25, -0.2) is 13.9 Å². The molecule has 0 aliphatic carbocycles. The van der Waals surface area contributed by atoms with E-state index in [-0.39, 0.29) is 5.69 Å². The van der Waals surface area contributed by atoms with Crippen LogP contribution in [0.1, 0.15) is 11.3 Å². The lowest BCUT2D eigenvalue weighted by molar-refractivity contribution is -0.601. The van der Waals surface area contributed by atoms with Crippen LogP contribution in [0.2, 0.25) is 0 Å². The third-order valence-corrected chi connectivity index (χ3v) is 4.83. The number of nitrogens with zero attached hydrogens (tertiary/aromatic N) is 5. The van der Waals surface area contributed by atoms with Crippen LogP contribution in [0.4, 0.5) is 10.1 Å². The molecule has 0 saturated heterocycles. The Morgan fingerprint density at radius 1 is 1.16 bits per heavy atom. The Bertz CT molecular complexity index is 1360. The van der Waals surface area contributed by atoms with Gasteiger partial charge in [0.15, 0.2) is 17.3 Å². The van der Waals surface area contributed by atoms with Gasteiger partial charge in [-0.3, -0.25) is 9.78 Å². The number of carbonyl (C=O) groups is 1. The van der Waals surface area contributed by atoms with Gasteiger partial charge < -0.3 is 5.32 Å². The normalized spacial score (nSPS) is 13.2. The minimum absolute atomic E-state index is 0.00790. The maximum atomic E-state index is 14.7. The first kappa shape index (κ1) is 18.8. The lowest BCUT2D eigenvalue weighted by Gasteiger charge is -2.06. The summed E-state index contributed by atoms with van der Waals surface area (Å²) >= 11 is 0. The number of aromatic nitrogens is 4. The Kier molecular flexibility index (Phi) is 4.57. The summed E-state index contributed by atoms with van der Waals surface area (Å²) in [6.07, 6.45) is 4.47. The molecule has 0 atom stereocenters. The van der Waals surface area contributed by atoms with E-state index >= 15 is 0 Å². The number of aryl methyl sites for hydroxylation is 1. The molecule has 1 aliphatic heterocycles. The molecule has 0 bridgehead atoms. The van der Waals surface area contributed by atoms with Gasteiger partial charge >= 0.3 is 5.91 Å². The molecule has 31 heavy (non-hydrogen) atoms. The second-order valence-corrected chi connectivity index (χ2v) is 7.05. The number of benzene rings is 1. The van der Waals surface area contributed by atoms with E-state index < -0.39 is 11.7 Å². The Hall–Kier alpha value is -4.24. The van der Waals surface area contributed by atoms with Crippen molar-refractivity contribution in [3.63, 3.8) is 0 Å². The standard InChI is InChI=1S/C22H16FN7O/c1-13-7-8-17(24-10-13)15-11-25-28-20(15)22(31)26-18-9-19-27-21(14-5-3-2-4-6-14)29-30(19)12-16(18)23/h2-12H,1H3,(H,25,28)(H,26,31)/p+1. The molecule has 9 heteroatoms. The smallest absolute Gasteiger partial charge is 0.312 e. The van der Waals surface area contributed by atoms with Gasteiger partial charge in [0.1, 0.15) is 0 Å². The minimum Gasteiger partial charge on any atom is -0.315 e. The predicted molar refractivity (Wildman–Crippen MR) is 113 cm³/mol. The van der Waals surface area contributed by atoms with Crippen molar-refractivity contribution in [3.05, 3.63) is 83.7 Å². The van der Waals surface area contributed by atoms with E-state index in [9.17, 15) is 9.18 Å². The van der Waals surface area contributed by atoms with E-state index in [1.807, 2.05) is 49.4 Å². The Morgan fingerprint density at radius 3 is 2.77 bits per heavy atom. The van der Waals surface area contributed by atoms with Gasteiger partial charge in [0.2, 0.25) is 5.70 Å². The largest absolute Gasteiger partial charge is 0.315 e. The molecule has 0 unspecified atom stereocenters. The fourth-order valence-electron chi connectivity index (χ4n) is 3.24. The Morgan fingerprint density at radius 2 is 2.00 bits per heavy atom. The van der Waals surface area contributed by atoms with Gasteiger partial charge in [-0.05, 0) is 18.6 Å². The van der Waals surface area contributed by atoms with Crippen molar-refractivity contribution in [1.82, 2.24) is 19.6 Å². The molecular formula is C22H17FN7O+. The average molecular weight is 414 g/mol. The summed E-state index contributed by atoms with van der Waals surface area (Å²) in [4.78, 5) is 21.6. The highest BCUT2D eigenvalue weighted by molar-refractivity contribution is 6.20. The highest BCUT2D eigenvalue weighted by Gasteiger charge is 2.26. The van der Waals surface area contributed by atoms with E-state index in [2.05, 4.69) is 25.5 Å². The van der Waals surface area contributed by atoms with Crippen LogP contribution in [0.25, 0.3) is 22.6 Å². The quantitative estimate of drug-likeness (QED) is 0.500. The number of nitrogens with one attached hydrogen (secondary N) is 1. The van der Waals surface area contributed by atoms with Crippen LogP contribution < -0.4 is 10.7 Å². The number of quaternary nitrogens is 1. The van der Waals surface area contributed by atoms with Crippen LogP contribution in [-0.4, -0.2) is 31.7 Å². The summed E-state index contributed by atoms with van der Waals surface area (Å²) in [5, 5.41) is 11.0. The monoisotopic (exact) mass is 414 g/mol. The first-order valence-corrected chi connectivity index (χ1v) is 9.55. The van der Waals surface area contributed by atoms with Crippen molar-refractivity contribution in [3.8, 4) is 11.4 Å². The molecule has 3 aromatic heterocycles. The summed E-state index contributed by atoms with van der Waals surface area (Å²) in [6.45, 7) is 1.93. The van der Waals surface area contributed by atoms with Crippen LogP contribution in [0.3, 0.4) is 0 Å². The minimum atomic E-state index is -0.625. The van der Waals surface area contributed by atoms with Crippen molar-refractivity contribution in [2.24, 2.45) is 5.10 Å². The number of anilines is 1. The summed E-state index contributed by atoms with van der Waals surface area (Å²) in [7, 11) is 0. The second-order valence-electron chi connectivity index (χ2n) is 7.05. The molecule has 0 radical (unpaired) electrons. The number of hydrogen-bond donors (Lipinski definition) is 2. The SMILES string of the molecule is Cc1ccc(C2=C(C(=O)Nc3cc4nc(-c5ccccc5)nn4cc3F)[NH2+]N=C2)nc1. The van der Waals surface area contributed by atoms with Crippen molar-refractivity contribution in [1.29, 1.82) is 0 Å². The zero-order valence-electron chi connectivity index (χ0n) is 16.5. The molecule has 0 saturated carbocycles. The number of hydrogen-bond acceptors (Lipinski definition) is 5. The number of rotatable bonds is 4. The summed E-state index contributed by atoms with van der Waals surface area (Å²) in [5.74, 6) is -0.641. The number of halogens is 1. The zero-order valence-corrected chi connectivity index (χ0v) is 16.5. The molecule has 152 valence electrons. The van der Waals surface area contributed by atoms with Crippen molar-refractivity contribution in [2.45, 2.75) is 6.92 Å². The van der Waals surface area contributed by atoms with Crippen LogP contribution in [0.15, 0.2) is 71.7 Å². The zero-order chi connectivity index (χ0) is 21.4. The molecule has 4 heterocycles. The number of nitrogens with two attached hydrogens (primary N) is 1. The van der Waals surface area contributed by atoms with Crippen LogP contribution in [-0.2, 0) is 4.79 Å². The number of allylic oxidation sites excluding steroid dienone is 1. The van der Waals surface area contributed by atoms with Gasteiger partial charge in [0, 0.05) is 17.8 Å². The number of carbonyl (C=O) groups excluding carboxylic acids is 1. The topological polar surface area (TPSA) is 101 Å². The van der Waals surface area contributed by atoms with Crippen molar-refractivity contribution < 1.29 is 14.6 Å². The maximum Gasteiger partial charge on any atom is 0.312 e. The second kappa shape index (κ2) is 7.54. The molecule has 0 fully saturated rings. The van der Waals surface area contributed by atoms with E-state index in [0.717, 1.165) is 11.1 Å². The van der Waals surface area contributed by atoms with Gasteiger partial charge in [0.25, 0.3) is 0 Å². The van der Waals surface area contributed by atoms with Crippen molar-refractivity contribution >= 4 is 29.0 Å². The van der Waals surface area contributed by atoms with E-state index in [1.165, 1.54) is 22.2 Å². The van der Waals surface area contributed by atoms with Gasteiger partial charge in [0.05, 0.1) is 29.4 Å². The number of fused-ring (bicyclic) bond motifs is 1. The Labute approximate surface area is 176 Å². The van der Waals surface area contributed by atoms with Crippen LogP contribution in [0, 0.1) is 12.7 Å². The lowest BCUT2D eigenvalue weighted by atomic mass is 10.1. The molecule has 1 aliphatic rings. The number of pyridine rings is 2. The molecule has 1 amide bonds. The third kappa shape index (κ3) is 3.58. The van der Waals surface area contributed by atoms with E-state index in [0.29, 0.717) is 28.4 Å². The van der Waals surface area contributed by atoms with E-state index in [1.54, 1.807) is 12.4 Å². The first-order chi connectivity index (χ1) is 15.1. The molecule has 0 spiro atoms. The van der Waals surface area contributed by atoms with Gasteiger partial charge in [-0.1, -0.05) is 41.5 Å². The number of amides is 1. The summed E-state index contributed by atoms with van der Waals surface area (Å²) in [6, 6.07) is 14.6. The molecule has 5 rings (SSSR count).